The molecule has 0 saturated carbocycles. The minimum absolute atomic E-state index is 0.00903. The summed E-state index contributed by atoms with van der Waals surface area (Å²) < 4.78 is 33.8. The summed E-state index contributed by atoms with van der Waals surface area (Å²) in [5.41, 5.74) is -0.00509. The fraction of sp³-hybridized carbons (Fsp3) is 0.400. The van der Waals surface area contributed by atoms with Crippen molar-refractivity contribution in [2.24, 2.45) is 0 Å². The SMILES string of the molecule is CNC1=C(C(=O)OC)S(=O)(=O)N(C)/C1=C\C(=O)OC. The van der Waals surface area contributed by atoms with Gasteiger partial charge in [-0.15, -0.1) is 0 Å². The second-order valence-electron chi connectivity index (χ2n) is 3.47. The highest BCUT2D eigenvalue weighted by Gasteiger charge is 2.43. The molecule has 19 heavy (non-hydrogen) atoms. The van der Waals surface area contributed by atoms with E-state index in [1.807, 2.05) is 0 Å². The van der Waals surface area contributed by atoms with Crippen molar-refractivity contribution in [1.82, 2.24) is 9.62 Å². The summed E-state index contributed by atoms with van der Waals surface area (Å²) in [7, 11) is 0.836. The maximum Gasteiger partial charge on any atom is 0.353 e. The van der Waals surface area contributed by atoms with Gasteiger partial charge in [-0.2, -0.15) is 0 Å². The predicted octanol–water partition coefficient (Wildman–Crippen LogP) is -1.08. The molecule has 1 N–H and O–H groups in total. The Morgan fingerprint density at radius 2 is 1.84 bits per heavy atom. The largest absolute Gasteiger partial charge is 0.466 e. The zero-order valence-corrected chi connectivity index (χ0v) is 11.7. The van der Waals surface area contributed by atoms with Crippen LogP contribution in [0.15, 0.2) is 22.4 Å². The number of nitrogens with one attached hydrogen (secondary N) is 1. The van der Waals surface area contributed by atoms with Gasteiger partial charge >= 0.3 is 11.9 Å². The van der Waals surface area contributed by atoms with E-state index in [4.69, 9.17) is 0 Å². The molecule has 0 fully saturated rings. The van der Waals surface area contributed by atoms with Crippen molar-refractivity contribution in [2.75, 3.05) is 28.3 Å². The summed E-state index contributed by atoms with van der Waals surface area (Å²) >= 11 is 0. The van der Waals surface area contributed by atoms with E-state index in [-0.39, 0.29) is 11.4 Å². The summed E-state index contributed by atoms with van der Waals surface area (Å²) in [4.78, 5) is 22.3. The molecule has 0 atom stereocenters. The second-order valence-corrected chi connectivity index (χ2v) is 5.38. The molecule has 0 amide bonds. The molecular weight excluding hydrogens is 276 g/mol. The molecule has 8 nitrogen and oxygen atoms in total. The molecule has 1 aliphatic rings. The van der Waals surface area contributed by atoms with E-state index >= 15 is 0 Å². The van der Waals surface area contributed by atoms with Crippen molar-refractivity contribution in [1.29, 1.82) is 0 Å². The number of esters is 2. The van der Waals surface area contributed by atoms with Gasteiger partial charge in [0.05, 0.1) is 25.6 Å². The molecular formula is C10H14N2O6S. The monoisotopic (exact) mass is 290 g/mol. The van der Waals surface area contributed by atoms with Crippen molar-refractivity contribution in [3.8, 4) is 0 Å². The lowest BCUT2D eigenvalue weighted by Crippen LogP contribution is -2.24. The normalized spacial score (nSPS) is 19.6. The first-order valence-corrected chi connectivity index (χ1v) is 6.54. The average molecular weight is 290 g/mol. The zero-order chi connectivity index (χ0) is 14.8. The third kappa shape index (κ3) is 2.41. The van der Waals surface area contributed by atoms with Crippen LogP contribution in [-0.2, 0) is 29.1 Å². The van der Waals surface area contributed by atoms with Gasteiger partial charge in [0.1, 0.15) is 0 Å². The van der Waals surface area contributed by atoms with Crippen LogP contribution in [-0.4, -0.2) is 53.0 Å². The molecule has 0 aliphatic carbocycles. The van der Waals surface area contributed by atoms with Gasteiger partial charge in [-0.25, -0.2) is 18.0 Å². The van der Waals surface area contributed by atoms with Gasteiger partial charge in [0.15, 0.2) is 4.91 Å². The van der Waals surface area contributed by atoms with Crippen molar-refractivity contribution in [2.45, 2.75) is 0 Å². The summed E-state index contributed by atoms with van der Waals surface area (Å²) in [5.74, 6) is -1.75. The molecule has 1 rings (SSSR count). The lowest BCUT2D eigenvalue weighted by atomic mass is 10.2. The summed E-state index contributed by atoms with van der Waals surface area (Å²) in [5, 5.41) is 2.58. The molecule has 0 radical (unpaired) electrons. The Morgan fingerprint density at radius 1 is 1.26 bits per heavy atom. The molecule has 9 heteroatoms. The van der Waals surface area contributed by atoms with Crippen molar-refractivity contribution in [3.63, 3.8) is 0 Å². The molecule has 0 spiro atoms. The van der Waals surface area contributed by atoms with Gasteiger partial charge in [-0.05, 0) is 0 Å². The van der Waals surface area contributed by atoms with Crippen LogP contribution in [0.3, 0.4) is 0 Å². The van der Waals surface area contributed by atoms with Crippen LogP contribution in [0.1, 0.15) is 0 Å². The second kappa shape index (κ2) is 5.31. The molecule has 1 heterocycles. The minimum atomic E-state index is -4.04. The number of hydrogen-bond acceptors (Lipinski definition) is 7. The average Bonchev–Trinajstić information content (AvgIpc) is 2.57. The third-order valence-corrected chi connectivity index (χ3v) is 4.32. The maximum absolute atomic E-state index is 12.1. The number of ether oxygens (including phenoxy) is 2. The highest BCUT2D eigenvalue weighted by molar-refractivity contribution is 7.94. The van der Waals surface area contributed by atoms with Crippen molar-refractivity contribution in [3.05, 3.63) is 22.4 Å². The Balaban J connectivity index is 3.53. The number of carbonyl (C=O) groups is 2. The Labute approximate surface area is 110 Å². The number of hydrogen-bond donors (Lipinski definition) is 1. The summed E-state index contributed by atoms with van der Waals surface area (Å²) in [6.07, 6.45) is 0.972. The van der Waals surface area contributed by atoms with E-state index in [9.17, 15) is 18.0 Å². The van der Waals surface area contributed by atoms with Crippen molar-refractivity contribution < 1.29 is 27.5 Å². The molecule has 0 unspecified atom stereocenters. The van der Waals surface area contributed by atoms with E-state index in [0.717, 1.165) is 24.6 Å². The molecule has 0 bridgehead atoms. The standard InChI is InChI=1S/C10H14N2O6S/c1-11-8-6(5-7(13)17-3)12(2)19(15,16)9(8)10(14)18-4/h5,11H,1-4H3/b6-5-. The van der Waals surface area contributed by atoms with E-state index in [2.05, 4.69) is 14.8 Å². The summed E-state index contributed by atoms with van der Waals surface area (Å²) in [6.45, 7) is 0. The fourth-order valence-corrected chi connectivity index (χ4v) is 2.98. The third-order valence-electron chi connectivity index (χ3n) is 2.52. The van der Waals surface area contributed by atoms with E-state index in [0.29, 0.717) is 0 Å². The smallest absolute Gasteiger partial charge is 0.353 e. The van der Waals surface area contributed by atoms with Gasteiger partial charge in [-0.3, -0.25) is 4.31 Å². The van der Waals surface area contributed by atoms with Gasteiger partial charge in [-0.1, -0.05) is 0 Å². The van der Waals surface area contributed by atoms with E-state index < -0.39 is 26.9 Å². The zero-order valence-electron chi connectivity index (χ0n) is 10.9. The minimum Gasteiger partial charge on any atom is -0.466 e. The lowest BCUT2D eigenvalue weighted by molar-refractivity contribution is -0.136. The van der Waals surface area contributed by atoms with Crippen LogP contribution in [0.4, 0.5) is 0 Å². The lowest BCUT2D eigenvalue weighted by Gasteiger charge is -2.13. The van der Waals surface area contributed by atoms with Crippen LogP contribution in [0.2, 0.25) is 0 Å². The van der Waals surface area contributed by atoms with Gasteiger partial charge < -0.3 is 14.8 Å². The number of likely N-dealkylation sites (N-methyl/N-ethyl adjacent to an activating group) is 2. The van der Waals surface area contributed by atoms with Gasteiger partial charge in [0, 0.05) is 20.2 Å². The maximum atomic E-state index is 12.1. The first-order valence-electron chi connectivity index (χ1n) is 5.10. The number of rotatable bonds is 3. The Kier molecular flexibility index (Phi) is 4.20. The fourth-order valence-electron chi connectivity index (χ4n) is 1.54. The van der Waals surface area contributed by atoms with Crippen LogP contribution in [0.25, 0.3) is 0 Å². The highest BCUT2D eigenvalue weighted by atomic mass is 32.2. The first kappa shape index (κ1) is 15.0. The predicted molar refractivity (Wildman–Crippen MR) is 64.9 cm³/mol. The van der Waals surface area contributed by atoms with Crippen LogP contribution in [0, 0.1) is 0 Å². The number of sulfonamides is 1. The Morgan fingerprint density at radius 3 is 2.26 bits per heavy atom. The Bertz CT molecular complexity index is 575. The van der Waals surface area contributed by atoms with Gasteiger partial charge in [0.25, 0.3) is 10.0 Å². The van der Waals surface area contributed by atoms with Crippen LogP contribution >= 0.6 is 0 Å². The number of carbonyl (C=O) groups excluding carboxylic acids is 2. The molecule has 0 saturated heterocycles. The molecule has 0 aromatic carbocycles. The molecule has 0 aromatic heterocycles. The van der Waals surface area contributed by atoms with Gasteiger partial charge in [0.2, 0.25) is 0 Å². The van der Waals surface area contributed by atoms with Crippen LogP contribution in [0.5, 0.6) is 0 Å². The molecule has 0 aromatic rings. The van der Waals surface area contributed by atoms with Crippen molar-refractivity contribution >= 4 is 22.0 Å². The molecule has 106 valence electrons. The number of nitrogens with zero attached hydrogens (tertiary/aromatic N) is 1. The van der Waals surface area contributed by atoms with Crippen LogP contribution < -0.4 is 5.32 Å². The topological polar surface area (TPSA) is 102 Å². The molecule has 1 aliphatic heterocycles. The highest BCUT2D eigenvalue weighted by Crippen LogP contribution is 2.32. The summed E-state index contributed by atoms with van der Waals surface area (Å²) in [6, 6.07) is 0. The van der Waals surface area contributed by atoms with E-state index in [1.165, 1.54) is 14.1 Å². The first-order chi connectivity index (χ1) is 8.81. The van der Waals surface area contributed by atoms with E-state index in [1.54, 1.807) is 0 Å². The number of methoxy groups -OCH3 is 2. The quantitative estimate of drug-likeness (QED) is 0.521. The Hall–Kier alpha value is -2.03.